The van der Waals surface area contributed by atoms with Gasteiger partial charge in [-0.1, -0.05) is 0 Å². The summed E-state index contributed by atoms with van der Waals surface area (Å²) in [6, 6.07) is 0. The molecule has 0 unspecified atom stereocenters. The van der Waals surface area contributed by atoms with E-state index in [4.69, 9.17) is 119 Å². The van der Waals surface area contributed by atoms with Gasteiger partial charge in [-0.3, -0.25) is 9.59 Å². The molecular formula is C8H70N12Na4O38P8. The number of unbranched alkanes of at least 4 members (excludes halogenated alkanes) is 1. The first-order valence-electron chi connectivity index (χ1n) is 10.5. The number of rotatable bonds is 13. The number of hydrogen-bond acceptors (Lipinski definition) is 28. The first-order chi connectivity index (χ1) is 22.9. The number of aliphatic carboxylic acids is 2. The molecular weight excluding hydrogens is 1210 g/mol. The van der Waals surface area contributed by atoms with Gasteiger partial charge in [-0.05, 0) is 12.8 Å². The maximum atomic E-state index is 9.90. The summed E-state index contributed by atoms with van der Waals surface area (Å²) in [6.45, 7) is 0. The Morgan fingerprint density at radius 2 is 0.343 bits per heavy atom. The van der Waals surface area contributed by atoms with Gasteiger partial charge < -0.3 is 188 Å². The summed E-state index contributed by atoms with van der Waals surface area (Å²) in [5, 5.41) is 44.2. The summed E-state index contributed by atoms with van der Waals surface area (Å²) in [5.74, 6) is -1.74. The van der Waals surface area contributed by atoms with Gasteiger partial charge in [-0.25, -0.2) is 46.1 Å². The average Bonchev–Trinajstić information content (AvgIpc) is 2.66. The molecule has 62 heteroatoms. The fourth-order valence-electron chi connectivity index (χ4n) is 1.11. The average molecular weight is 1280 g/mol. The molecule has 0 rings (SSSR count). The van der Waals surface area contributed by atoms with Gasteiger partial charge in [0.05, 0.1) is 0 Å². The standard InChI is InChI=1S/C6H10O4.2CH2O3.12H3N.4Na.4H4O7P2.4H/c7-5(8)3-1-2-4-6(9)10;2*2-1(3)4;;;;;;;;;;;;;;;;;4*1-8(2,3)7-9(4,5)6;;;;/h1-4H2,(H,7,8)(H,9,10);2*(H2,2,3,4);12*1H3;;;;;4*(H2,1,2,3)(H2,4,5,6);;;;/q;;;;;;;;;;;;;;;4*+1;;;;;4*-1. The van der Waals surface area contributed by atoms with Crippen LogP contribution in [0, 0.1) is 0 Å². The van der Waals surface area contributed by atoms with Crippen LogP contribution in [0.4, 0.5) is 9.59 Å². The van der Waals surface area contributed by atoms with E-state index in [0.29, 0.717) is 12.8 Å². The molecule has 0 aliphatic carbocycles. The van der Waals surface area contributed by atoms with Crippen LogP contribution < -0.4 is 192 Å². The van der Waals surface area contributed by atoms with Crippen molar-refractivity contribution in [2.24, 2.45) is 0 Å². The summed E-state index contributed by atoms with van der Waals surface area (Å²) in [6.07, 6.45) is -2.65. The molecule has 70 heavy (non-hydrogen) atoms. The van der Waals surface area contributed by atoms with Crippen LogP contribution in [0.25, 0.3) is 0 Å². The fourth-order valence-corrected chi connectivity index (χ4v) is 5.54. The third-order valence-electron chi connectivity index (χ3n) is 1.88. The zero-order valence-electron chi connectivity index (χ0n) is 41.3. The molecule has 0 fully saturated rings. The third-order valence-corrected chi connectivity index (χ3v) is 8.69. The van der Waals surface area contributed by atoms with Crippen LogP contribution in [0.1, 0.15) is 31.4 Å². The Balaban J connectivity index is -0.0000000135. The van der Waals surface area contributed by atoms with E-state index in [1.54, 1.807) is 0 Å². The van der Waals surface area contributed by atoms with E-state index in [1.807, 2.05) is 0 Å². The molecule has 0 spiro atoms. The van der Waals surface area contributed by atoms with E-state index in [9.17, 15) is 46.1 Å². The van der Waals surface area contributed by atoms with Gasteiger partial charge in [0.1, 0.15) is 0 Å². The molecule has 0 amide bonds. The van der Waals surface area contributed by atoms with Gasteiger partial charge in [0.25, 0.3) is 0 Å². The largest absolute Gasteiger partial charge is 1.00 e. The van der Waals surface area contributed by atoms with Crippen LogP contribution in [-0.2, 0) is 63.4 Å². The maximum absolute atomic E-state index is 9.90. The van der Waals surface area contributed by atoms with E-state index >= 15 is 0 Å². The Hall–Kier alpha value is 2.04. The second-order valence-electron chi connectivity index (χ2n) is 6.81. The second kappa shape index (κ2) is 71.0. The van der Waals surface area contributed by atoms with Crippen molar-refractivity contribution in [1.29, 1.82) is 0 Å². The Bertz CT molecular complexity index is 1280. The number of carbonyl (C=O) groups is 4. The zero-order valence-corrected chi connectivity index (χ0v) is 52.4. The summed E-state index contributed by atoms with van der Waals surface area (Å²) >= 11 is 0. The van der Waals surface area contributed by atoms with Crippen molar-refractivity contribution in [3.63, 3.8) is 0 Å². The van der Waals surface area contributed by atoms with Crippen molar-refractivity contribution < 1.29 is 306 Å². The zero-order chi connectivity index (χ0) is 46.0. The van der Waals surface area contributed by atoms with Crippen LogP contribution in [0.15, 0.2) is 0 Å². The number of carboxylic acid groups (broad SMARTS) is 6. The smallest absolute Gasteiger partial charge is 1.00 e. The van der Waals surface area contributed by atoms with Crippen molar-refractivity contribution in [2.75, 3.05) is 0 Å². The minimum Gasteiger partial charge on any atom is -1.00 e. The molecule has 0 aliphatic rings. The van der Waals surface area contributed by atoms with Crippen LogP contribution in [0.3, 0.4) is 0 Å². The maximum Gasteiger partial charge on any atom is 1.00 e. The summed E-state index contributed by atoms with van der Waals surface area (Å²) in [5.41, 5.74) is 0. The summed E-state index contributed by atoms with van der Waals surface area (Å²) in [7, 11) is -40.4. The van der Waals surface area contributed by atoms with E-state index in [2.05, 4.69) is 17.2 Å². The van der Waals surface area contributed by atoms with Gasteiger partial charge in [0, 0.05) is 12.8 Å². The number of hydrogen-bond donors (Lipinski definition) is 34. The first-order valence-corrected chi connectivity index (χ1v) is 22.7. The van der Waals surface area contributed by atoms with E-state index in [1.165, 1.54) is 0 Å². The van der Waals surface area contributed by atoms with Crippen molar-refractivity contribution >= 4 is 86.8 Å². The predicted molar refractivity (Wildman–Crippen MR) is 220 cm³/mol. The van der Waals surface area contributed by atoms with Gasteiger partial charge in [0.15, 0.2) is 0 Å². The molecule has 50 nitrogen and oxygen atoms in total. The third kappa shape index (κ3) is 306. The van der Waals surface area contributed by atoms with E-state index < -0.39 is 86.8 Å². The molecule has 0 aromatic carbocycles. The molecule has 0 aromatic rings. The monoisotopic (exact) mass is 1280 g/mol. The van der Waals surface area contributed by atoms with Gasteiger partial charge in [-0.2, -0.15) is 17.2 Å². The van der Waals surface area contributed by atoms with Gasteiger partial charge in [-0.15, -0.1) is 0 Å². The Morgan fingerprint density at radius 3 is 0.371 bits per heavy atom. The Labute approximate surface area is 488 Å². The van der Waals surface area contributed by atoms with Crippen LogP contribution >= 0.6 is 62.6 Å². The van der Waals surface area contributed by atoms with Gasteiger partial charge in [0.2, 0.25) is 0 Å². The second-order valence-corrected chi connectivity index (χ2v) is 17.3. The molecule has 0 aliphatic heterocycles. The van der Waals surface area contributed by atoms with E-state index in [0.717, 1.165) is 0 Å². The van der Waals surface area contributed by atoms with Crippen LogP contribution in [0.2, 0.25) is 0 Å². The minimum absolute atomic E-state index is 0. The van der Waals surface area contributed by atoms with Gasteiger partial charge >= 0.3 is 205 Å². The SMILES string of the molecule is N.N.N.N.N.N.N.N.N.N.N.N.O=C(O)CCCCC(=O)O.O=C(O)O.O=C(O)O.O=P(O)(O)OP(=O)(O)O.O=P(O)(O)OP(=O)(O)O.O=P(O)(O)OP(=O)(O)O.O=P(O)(O)OP(=O)(O)O.[H-].[H-].[H-].[H-].[Na+].[Na+].[Na+].[Na+]. The normalized spacial score (nSPS) is 9.09. The molecule has 0 atom stereocenters. The molecule has 434 valence electrons. The van der Waals surface area contributed by atoms with Crippen molar-refractivity contribution in [3.05, 3.63) is 0 Å². The Morgan fingerprint density at radius 1 is 0.271 bits per heavy atom. The minimum atomic E-state index is -5.05. The van der Waals surface area contributed by atoms with Crippen molar-refractivity contribution in [2.45, 2.75) is 25.7 Å². The first kappa shape index (κ1) is 151. The Kier molecular flexibility index (Phi) is 153. The fraction of sp³-hybridized carbons (Fsp3) is 0.500. The molecule has 0 saturated heterocycles. The number of carboxylic acids is 2. The molecule has 0 radical (unpaired) electrons. The topological polar surface area (TPSA) is 1110 Å². The predicted octanol–water partition coefficient (Wildman–Crippen LogP) is -11.7. The number of phosphoric acid groups is 8. The van der Waals surface area contributed by atoms with Crippen LogP contribution in [-0.4, -0.2) is 133 Å². The molecule has 0 saturated carbocycles. The molecule has 0 aromatic heterocycles. The summed E-state index contributed by atoms with van der Waals surface area (Å²) in [4.78, 5) is 161. The molecule has 0 bridgehead atoms. The van der Waals surface area contributed by atoms with E-state index in [-0.39, 0.29) is 211 Å². The van der Waals surface area contributed by atoms with Crippen LogP contribution in [0.5, 0.6) is 0 Å². The quantitative estimate of drug-likeness (QED) is 0.0462. The van der Waals surface area contributed by atoms with Crippen molar-refractivity contribution in [1.82, 2.24) is 73.8 Å². The molecule has 0 heterocycles. The van der Waals surface area contributed by atoms with Crippen molar-refractivity contribution in [3.8, 4) is 0 Å². The molecule has 58 N–H and O–H groups in total. The summed E-state index contributed by atoms with van der Waals surface area (Å²) < 4.78 is 88.8.